The summed E-state index contributed by atoms with van der Waals surface area (Å²) in [6.07, 6.45) is 5.43. The highest BCUT2D eigenvalue weighted by Gasteiger charge is 2.26. The zero-order valence-corrected chi connectivity index (χ0v) is 15.4. The highest BCUT2D eigenvalue weighted by atomic mass is 35.5. The van der Waals surface area contributed by atoms with E-state index < -0.39 is 0 Å². The van der Waals surface area contributed by atoms with E-state index in [9.17, 15) is 5.11 Å². The number of nitrogens with zero attached hydrogens (tertiary/aromatic N) is 6. The number of aliphatic hydroxyl groups excluding tert-OH is 1. The van der Waals surface area contributed by atoms with Crippen molar-refractivity contribution >= 4 is 29.1 Å². The van der Waals surface area contributed by atoms with Crippen LogP contribution in [0.15, 0.2) is 30.7 Å². The van der Waals surface area contributed by atoms with Crippen LogP contribution < -0.4 is 14.7 Å². The third kappa shape index (κ3) is 3.54. The highest BCUT2D eigenvalue weighted by Crippen LogP contribution is 2.26. The molecule has 2 aliphatic heterocycles. The molecule has 26 heavy (non-hydrogen) atoms. The topological polar surface area (TPSA) is 68.6 Å². The Kier molecular flexibility index (Phi) is 5.08. The number of hydrogen-bond acceptors (Lipinski definition) is 7. The summed E-state index contributed by atoms with van der Waals surface area (Å²) in [5.74, 6) is 2.82. The van der Waals surface area contributed by atoms with Crippen LogP contribution in [0.4, 0.5) is 17.5 Å². The number of aromatic nitrogens is 3. The Hall–Kier alpha value is -2.12. The van der Waals surface area contributed by atoms with Gasteiger partial charge in [0, 0.05) is 45.0 Å². The summed E-state index contributed by atoms with van der Waals surface area (Å²) in [4.78, 5) is 20.0. The van der Waals surface area contributed by atoms with Gasteiger partial charge in [0.15, 0.2) is 0 Å². The number of hydrogen-bond donors (Lipinski definition) is 1. The lowest BCUT2D eigenvalue weighted by Gasteiger charge is -2.36. The van der Waals surface area contributed by atoms with Gasteiger partial charge in [-0.3, -0.25) is 0 Å². The minimum Gasteiger partial charge on any atom is -0.394 e. The fourth-order valence-electron chi connectivity index (χ4n) is 3.71. The van der Waals surface area contributed by atoms with Gasteiger partial charge in [0.1, 0.15) is 23.8 Å². The molecule has 2 saturated heterocycles. The monoisotopic (exact) mass is 374 g/mol. The van der Waals surface area contributed by atoms with Crippen LogP contribution in [0.1, 0.15) is 12.8 Å². The van der Waals surface area contributed by atoms with E-state index in [0.29, 0.717) is 5.02 Å². The molecule has 1 unspecified atom stereocenters. The number of pyridine rings is 1. The third-order valence-electron chi connectivity index (χ3n) is 5.16. The number of piperazine rings is 1. The van der Waals surface area contributed by atoms with Gasteiger partial charge in [-0.15, -0.1) is 0 Å². The predicted molar refractivity (Wildman–Crippen MR) is 103 cm³/mol. The minimum absolute atomic E-state index is 0.172. The van der Waals surface area contributed by atoms with Crippen LogP contribution in [0.3, 0.4) is 0 Å². The van der Waals surface area contributed by atoms with Gasteiger partial charge >= 0.3 is 0 Å². The van der Waals surface area contributed by atoms with Crippen molar-refractivity contribution in [2.24, 2.45) is 0 Å². The van der Waals surface area contributed by atoms with Crippen LogP contribution >= 0.6 is 11.6 Å². The van der Waals surface area contributed by atoms with E-state index in [-0.39, 0.29) is 12.6 Å². The van der Waals surface area contributed by atoms with Gasteiger partial charge in [-0.2, -0.15) is 0 Å². The van der Waals surface area contributed by atoms with E-state index >= 15 is 0 Å². The van der Waals surface area contributed by atoms with Crippen molar-refractivity contribution < 1.29 is 5.11 Å². The van der Waals surface area contributed by atoms with E-state index in [0.717, 1.165) is 63.0 Å². The molecule has 1 atom stereocenters. The van der Waals surface area contributed by atoms with Crippen molar-refractivity contribution in [3.05, 3.63) is 35.7 Å². The van der Waals surface area contributed by atoms with Gasteiger partial charge in [0.05, 0.1) is 17.7 Å². The van der Waals surface area contributed by atoms with Crippen molar-refractivity contribution in [1.29, 1.82) is 0 Å². The van der Waals surface area contributed by atoms with Crippen LogP contribution in [0.25, 0.3) is 0 Å². The summed E-state index contributed by atoms with van der Waals surface area (Å²) in [6.45, 7) is 4.64. The first-order chi connectivity index (χ1) is 12.7. The van der Waals surface area contributed by atoms with Crippen LogP contribution in [0, 0.1) is 0 Å². The van der Waals surface area contributed by atoms with Gasteiger partial charge in [0.2, 0.25) is 0 Å². The lowest BCUT2D eigenvalue weighted by atomic mass is 10.2. The molecule has 1 N–H and O–H groups in total. The van der Waals surface area contributed by atoms with E-state index in [1.54, 1.807) is 12.5 Å². The Morgan fingerprint density at radius 1 is 0.962 bits per heavy atom. The third-order valence-corrected chi connectivity index (χ3v) is 5.38. The summed E-state index contributed by atoms with van der Waals surface area (Å²) in [6, 6.07) is 6.05. The quantitative estimate of drug-likeness (QED) is 0.875. The molecule has 0 bridgehead atoms. The fourth-order valence-corrected chi connectivity index (χ4v) is 3.83. The van der Waals surface area contributed by atoms with Crippen molar-refractivity contribution in [3.63, 3.8) is 0 Å². The predicted octanol–water partition coefficient (Wildman–Crippen LogP) is 1.81. The maximum atomic E-state index is 9.56. The number of halogens is 1. The largest absolute Gasteiger partial charge is 0.394 e. The molecule has 0 radical (unpaired) electrons. The standard InChI is InChI=1S/C18H23ClN6O/c19-14-3-4-16(20-11-14)23-6-8-24(9-7-23)17-10-18(22-13-21-17)25-5-1-2-15(25)12-26/h3-4,10-11,13,15,26H,1-2,5-9,12H2. The summed E-state index contributed by atoms with van der Waals surface area (Å²) < 4.78 is 0. The van der Waals surface area contributed by atoms with Crippen molar-refractivity contribution in [2.75, 3.05) is 54.0 Å². The van der Waals surface area contributed by atoms with E-state index in [2.05, 4.69) is 29.7 Å². The normalized spacial score (nSPS) is 20.7. The molecule has 0 saturated carbocycles. The lowest BCUT2D eigenvalue weighted by Crippen LogP contribution is -2.47. The van der Waals surface area contributed by atoms with Crippen molar-refractivity contribution in [1.82, 2.24) is 15.0 Å². The molecule has 4 rings (SSSR count). The molecule has 138 valence electrons. The van der Waals surface area contributed by atoms with E-state index in [1.165, 1.54) is 0 Å². The first-order valence-corrected chi connectivity index (χ1v) is 9.43. The van der Waals surface area contributed by atoms with Gasteiger partial charge in [-0.25, -0.2) is 15.0 Å². The van der Waals surface area contributed by atoms with Gasteiger partial charge < -0.3 is 19.8 Å². The second-order valence-electron chi connectivity index (χ2n) is 6.72. The molecule has 0 aliphatic carbocycles. The molecule has 7 nitrogen and oxygen atoms in total. The molecule has 0 aromatic carbocycles. The average molecular weight is 375 g/mol. The molecule has 2 aromatic heterocycles. The lowest BCUT2D eigenvalue weighted by molar-refractivity contribution is 0.266. The van der Waals surface area contributed by atoms with Crippen LogP contribution in [-0.4, -0.2) is 65.4 Å². The molecule has 0 spiro atoms. The maximum absolute atomic E-state index is 9.56. The number of rotatable bonds is 4. The molecule has 2 aromatic rings. The zero-order valence-electron chi connectivity index (χ0n) is 14.6. The molecule has 2 fully saturated rings. The Morgan fingerprint density at radius 2 is 1.69 bits per heavy atom. The summed E-state index contributed by atoms with van der Waals surface area (Å²) in [7, 11) is 0. The molecule has 4 heterocycles. The second-order valence-corrected chi connectivity index (χ2v) is 7.15. The minimum atomic E-state index is 0.172. The Bertz CT molecular complexity index is 735. The molecule has 2 aliphatic rings. The second kappa shape index (κ2) is 7.63. The summed E-state index contributed by atoms with van der Waals surface area (Å²) in [5, 5.41) is 10.2. The SMILES string of the molecule is OCC1CCCN1c1cc(N2CCN(c3ccc(Cl)cn3)CC2)ncn1. The van der Waals surface area contributed by atoms with Crippen molar-refractivity contribution in [2.45, 2.75) is 18.9 Å². The zero-order chi connectivity index (χ0) is 17.9. The average Bonchev–Trinajstić information content (AvgIpc) is 3.18. The molecule has 8 heteroatoms. The summed E-state index contributed by atoms with van der Waals surface area (Å²) in [5.41, 5.74) is 0. The van der Waals surface area contributed by atoms with Gasteiger partial charge in [0.25, 0.3) is 0 Å². The Balaban J connectivity index is 1.43. The highest BCUT2D eigenvalue weighted by molar-refractivity contribution is 6.30. The smallest absolute Gasteiger partial charge is 0.134 e. The molecule has 0 amide bonds. The van der Waals surface area contributed by atoms with Gasteiger partial charge in [-0.05, 0) is 25.0 Å². The van der Waals surface area contributed by atoms with Crippen molar-refractivity contribution in [3.8, 4) is 0 Å². The van der Waals surface area contributed by atoms with Gasteiger partial charge in [-0.1, -0.05) is 11.6 Å². The summed E-state index contributed by atoms with van der Waals surface area (Å²) >= 11 is 5.92. The Morgan fingerprint density at radius 3 is 2.38 bits per heavy atom. The van der Waals surface area contributed by atoms with E-state index in [1.807, 2.05) is 18.2 Å². The fraction of sp³-hybridized carbons (Fsp3) is 0.500. The van der Waals surface area contributed by atoms with Crippen LogP contribution in [-0.2, 0) is 0 Å². The molecular weight excluding hydrogens is 352 g/mol. The maximum Gasteiger partial charge on any atom is 0.134 e. The van der Waals surface area contributed by atoms with E-state index in [4.69, 9.17) is 11.6 Å². The first kappa shape index (κ1) is 17.3. The molecular formula is C18H23ClN6O. The number of aliphatic hydroxyl groups is 1. The van der Waals surface area contributed by atoms with Crippen LogP contribution in [0.2, 0.25) is 5.02 Å². The van der Waals surface area contributed by atoms with Crippen LogP contribution in [0.5, 0.6) is 0 Å². The Labute approximate surface area is 158 Å². The first-order valence-electron chi connectivity index (χ1n) is 9.05. The number of anilines is 3.